The van der Waals surface area contributed by atoms with Crippen LogP contribution in [-0.2, 0) is 11.2 Å². The Balaban J connectivity index is 2.12. The standard InChI is InChI=1S/C25H33NO5S/c1-18(15-24(27)28)32-14-13-26(12-8-11-20-9-6-5-7-10-20)25(29)21-16-22(30-3)19(2)23(17-21)31-4/h5-7,9-10,16-18H,8,11-15H2,1-4H3,(H,27,28). The lowest BCUT2D eigenvalue weighted by molar-refractivity contribution is -0.136. The molecule has 0 spiro atoms. The molecule has 0 fully saturated rings. The van der Waals surface area contributed by atoms with Gasteiger partial charge in [0.05, 0.1) is 20.6 Å². The largest absolute Gasteiger partial charge is 0.496 e. The number of carboxylic acids is 1. The maximum atomic E-state index is 13.4. The maximum Gasteiger partial charge on any atom is 0.304 e. The number of benzene rings is 2. The first-order valence-electron chi connectivity index (χ1n) is 10.7. The molecule has 1 N–H and O–H groups in total. The van der Waals surface area contributed by atoms with Crippen molar-refractivity contribution in [3.8, 4) is 11.5 Å². The number of thioether (sulfide) groups is 1. The molecule has 0 aliphatic heterocycles. The predicted molar refractivity (Wildman–Crippen MR) is 129 cm³/mol. The number of amides is 1. The fourth-order valence-electron chi connectivity index (χ4n) is 3.49. The molecule has 32 heavy (non-hydrogen) atoms. The molecule has 1 amide bonds. The van der Waals surface area contributed by atoms with Gasteiger partial charge in [0.25, 0.3) is 5.91 Å². The van der Waals surface area contributed by atoms with E-state index in [0.717, 1.165) is 18.4 Å². The van der Waals surface area contributed by atoms with Gasteiger partial charge in [0, 0.05) is 35.2 Å². The zero-order chi connectivity index (χ0) is 23.5. The highest BCUT2D eigenvalue weighted by Gasteiger charge is 2.20. The maximum absolute atomic E-state index is 13.4. The van der Waals surface area contributed by atoms with E-state index in [1.165, 1.54) is 5.56 Å². The Morgan fingerprint density at radius 3 is 2.25 bits per heavy atom. The molecule has 6 nitrogen and oxygen atoms in total. The molecular weight excluding hydrogens is 426 g/mol. The lowest BCUT2D eigenvalue weighted by Gasteiger charge is -2.24. The number of carbonyl (C=O) groups is 2. The minimum Gasteiger partial charge on any atom is -0.496 e. The van der Waals surface area contributed by atoms with Gasteiger partial charge >= 0.3 is 5.97 Å². The van der Waals surface area contributed by atoms with Crippen LogP contribution in [0.2, 0.25) is 0 Å². The van der Waals surface area contributed by atoms with Gasteiger partial charge in [-0.2, -0.15) is 11.8 Å². The van der Waals surface area contributed by atoms with Gasteiger partial charge < -0.3 is 19.5 Å². The van der Waals surface area contributed by atoms with E-state index in [9.17, 15) is 9.59 Å². The van der Waals surface area contributed by atoms with Crippen LogP contribution in [0.25, 0.3) is 0 Å². The first-order chi connectivity index (χ1) is 15.3. The third-order valence-electron chi connectivity index (χ3n) is 5.25. The van der Waals surface area contributed by atoms with Gasteiger partial charge in [-0.05, 0) is 37.5 Å². The van der Waals surface area contributed by atoms with E-state index in [4.69, 9.17) is 14.6 Å². The predicted octanol–water partition coefficient (Wildman–Crippen LogP) is 4.68. The Kier molecular flexibility index (Phi) is 10.4. The zero-order valence-corrected chi connectivity index (χ0v) is 20.1. The number of hydrogen-bond donors (Lipinski definition) is 1. The van der Waals surface area contributed by atoms with Crippen molar-refractivity contribution in [2.24, 2.45) is 0 Å². The number of nitrogens with zero attached hydrogens (tertiary/aromatic N) is 1. The molecule has 2 aromatic rings. The van der Waals surface area contributed by atoms with Crippen LogP contribution in [0.4, 0.5) is 0 Å². The summed E-state index contributed by atoms with van der Waals surface area (Å²) in [5.74, 6) is 1.01. The van der Waals surface area contributed by atoms with Crippen molar-refractivity contribution in [3.05, 3.63) is 59.2 Å². The van der Waals surface area contributed by atoms with Crippen LogP contribution in [-0.4, -0.2) is 60.2 Å². The van der Waals surface area contributed by atoms with Crippen LogP contribution in [0.1, 0.15) is 41.3 Å². The number of aliphatic carboxylic acids is 1. The molecule has 7 heteroatoms. The highest BCUT2D eigenvalue weighted by molar-refractivity contribution is 7.99. The third kappa shape index (κ3) is 7.79. The summed E-state index contributed by atoms with van der Waals surface area (Å²) in [7, 11) is 3.16. The van der Waals surface area contributed by atoms with Gasteiger partial charge in [-0.1, -0.05) is 37.3 Å². The number of aryl methyl sites for hydroxylation is 1. The van der Waals surface area contributed by atoms with E-state index < -0.39 is 5.97 Å². The van der Waals surface area contributed by atoms with Crippen molar-refractivity contribution in [1.82, 2.24) is 4.90 Å². The first kappa shape index (κ1) is 25.6. The Bertz CT molecular complexity index is 862. The average molecular weight is 460 g/mol. The lowest BCUT2D eigenvalue weighted by atomic mass is 10.1. The monoisotopic (exact) mass is 459 g/mol. The van der Waals surface area contributed by atoms with Crippen molar-refractivity contribution in [3.63, 3.8) is 0 Å². The summed E-state index contributed by atoms with van der Waals surface area (Å²) in [5, 5.41) is 8.97. The molecule has 1 unspecified atom stereocenters. The Labute approximate surface area is 194 Å². The number of hydrogen-bond acceptors (Lipinski definition) is 5. The van der Waals surface area contributed by atoms with Gasteiger partial charge in [0.15, 0.2) is 0 Å². The molecule has 174 valence electrons. The molecule has 2 rings (SSSR count). The molecule has 1 atom stereocenters. The van der Waals surface area contributed by atoms with Crippen LogP contribution < -0.4 is 9.47 Å². The summed E-state index contributed by atoms with van der Waals surface area (Å²) < 4.78 is 10.9. The fraction of sp³-hybridized carbons (Fsp3) is 0.440. The quantitative estimate of drug-likeness (QED) is 0.469. The SMILES string of the molecule is COc1cc(C(=O)N(CCCc2ccccc2)CCSC(C)CC(=O)O)cc(OC)c1C. The van der Waals surface area contributed by atoms with Gasteiger partial charge in [-0.25, -0.2) is 0 Å². The van der Waals surface area contributed by atoms with Crippen LogP contribution in [0, 0.1) is 6.92 Å². The van der Waals surface area contributed by atoms with Crippen LogP contribution in [0.3, 0.4) is 0 Å². The summed E-state index contributed by atoms with van der Waals surface area (Å²) >= 11 is 1.57. The van der Waals surface area contributed by atoms with E-state index in [1.54, 1.807) is 38.1 Å². The number of carboxylic acid groups (broad SMARTS) is 1. The van der Waals surface area contributed by atoms with Gasteiger partial charge in [0.1, 0.15) is 11.5 Å². The molecular formula is C25H33NO5S. The smallest absolute Gasteiger partial charge is 0.304 e. The molecule has 0 radical (unpaired) electrons. The van der Waals surface area contributed by atoms with Crippen LogP contribution >= 0.6 is 11.8 Å². The number of ether oxygens (including phenoxy) is 2. The van der Waals surface area contributed by atoms with Crippen molar-refractivity contribution in [2.45, 2.75) is 38.4 Å². The van der Waals surface area contributed by atoms with Gasteiger partial charge in [-0.15, -0.1) is 0 Å². The summed E-state index contributed by atoms with van der Waals surface area (Å²) in [6.07, 6.45) is 1.83. The van der Waals surface area contributed by atoms with Crippen LogP contribution in [0.15, 0.2) is 42.5 Å². The molecule has 0 heterocycles. The summed E-state index contributed by atoms with van der Waals surface area (Å²) in [6.45, 7) is 4.95. The van der Waals surface area contributed by atoms with Crippen molar-refractivity contribution in [1.29, 1.82) is 0 Å². The highest BCUT2D eigenvalue weighted by atomic mass is 32.2. The second kappa shape index (κ2) is 13.0. The molecule has 0 saturated carbocycles. The Hall–Kier alpha value is -2.67. The first-order valence-corrected chi connectivity index (χ1v) is 11.8. The minimum atomic E-state index is -0.806. The zero-order valence-electron chi connectivity index (χ0n) is 19.3. The van der Waals surface area contributed by atoms with Crippen molar-refractivity contribution < 1.29 is 24.2 Å². The fourth-order valence-corrected chi connectivity index (χ4v) is 4.48. The van der Waals surface area contributed by atoms with Crippen LogP contribution in [0.5, 0.6) is 11.5 Å². The topological polar surface area (TPSA) is 76.1 Å². The summed E-state index contributed by atoms with van der Waals surface area (Å²) in [5.41, 5.74) is 2.61. The lowest BCUT2D eigenvalue weighted by Crippen LogP contribution is -2.34. The normalized spacial score (nSPS) is 11.6. The number of methoxy groups -OCH3 is 2. The van der Waals surface area contributed by atoms with E-state index >= 15 is 0 Å². The third-order valence-corrected chi connectivity index (χ3v) is 6.40. The Morgan fingerprint density at radius 1 is 1.06 bits per heavy atom. The van der Waals surface area contributed by atoms with E-state index in [1.807, 2.05) is 36.9 Å². The number of rotatable bonds is 13. The van der Waals surface area contributed by atoms with E-state index in [2.05, 4.69) is 12.1 Å². The second-order valence-corrected chi connectivity index (χ2v) is 9.21. The van der Waals surface area contributed by atoms with Gasteiger partial charge in [0.2, 0.25) is 0 Å². The minimum absolute atomic E-state index is 0.00617. The molecule has 2 aromatic carbocycles. The van der Waals surface area contributed by atoms with Crippen molar-refractivity contribution in [2.75, 3.05) is 33.1 Å². The molecule has 0 saturated heterocycles. The highest BCUT2D eigenvalue weighted by Crippen LogP contribution is 2.30. The molecule has 0 aliphatic carbocycles. The Morgan fingerprint density at radius 2 is 1.69 bits per heavy atom. The summed E-state index contributed by atoms with van der Waals surface area (Å²) in [6, 6.07) is 13.7. The summed E-state index contributed by atoms with van der Waals surface area (Å²) in [4.78, 5) is 26.2. The second-order valence-electron chi connectivity index (χ2n) is 7.67. The van der Waals surface area contributed by atoms with Crippen molar-refractivity contribution >= 4 is 23.6 Å². The van der Waals surface area contributed by atoms with E-state index in [0.29, 0.717) is 35.9 Å². The van der Waals surface area contributed by atoms with Gasteiger partial charge in [-0.3, -0.25) is 9.59 Å². The average Bonchev–Trinajstić information content (AvgIpc) is 2.78. The molecule has 0 bridgehead atoms. The number of carbonyl (C=O) groups excluding carboxylic acids is 1. The molecule has 0 aliphatic rings. The van der Waals surface area contributed by atoms with E-state index in [-0.39, 0.29) is 17.6 Å². The molecule has 0 aromatic heterocycles.